The lowest BCUT2D eigenvalue weighted by atomic mass is 10.2. The number of pyridine rings is 1. The number of quaternary nitrogens is 1. The molecule has 0 saturated heterocycles. The third kappa shape index (κ3) is 5.02. The lowest BCUT2D eigenvalue weighted by Gasteiger charge is -2.16. The number of aliphatic carboxylic acids is 1. The summed E-state index contributed by atoms with van der Waals surface area (Å²) >= 11 is 0. The van der Waals surface area contributed by atoms with E-state index in [1.54, 1.807) is 35.9 Å². The predicted octanol–water partition coefficient (Wildman–Crippen LogP) is -1.44. The van der Waals surface area contributed by atoms with Crippen LogP contribution in [0.5, 0.6) is 0 Å². The number of nitrogens with one attached hydrogen (secondary N) is 1. The van der Waals surface area contributed by atoms with Crippen molar-refractivity contribution in [3.63, 3.8) is 0 Å². The summed E-state index contributed by atoms with van der Waals surface area (Å²) in [4.78, 5) is 26.9. The van der Waals surface area contributed by atoms with Crippen LogP contribution < -0.4 is 15.7 Å². The molecule has 2 aromatic rings. The van der Waals surface area contributed by atoms with Crippen molar-refractivity contribution in [2.24, 2.45) is 0 Å². The standard InChI is InChI=1S/C15H17N3O4/c19-14(18-10-12-4-2-6-22-12)7-13(15(20)21)17-9-11-3-1-5-16-8-11/h1-6,8,13,17H,7,9-10H2,(H,18,19)(H,20,21)/t13-/m1/s1. The van der Waals surface area contributed by atoms with Crippen LogP contribution in [0.2, 0.25) is 0 Å². The van der Waals surface area contributed by atoms with Gasteiger partial charge in [-0.25, -0.2) is 0 Å². The zero-order chi connectivity index (χ0) is 15.8. The van der Waals surface area contributed by atoms with E-state index in [4.69, 9.17) is 4.42 Å². The van der Waals surface area contributed by atoms with Gasteiger partial charge in [-0.1, -0.05) is 6.07 Å². The Morgan fingerprint density at radius 1 is 1.36 bits per heavy atom. The fourth-order valence-electron chi connectivity index (χ4n) is 1.93. The normalized spacial score (nSPS) is 11.8. The van der Waals surface area contributed by atoms with Crippen molar-refractivity contribution in [2.45, 2.75) is 25.6 Å². The van der Waals surface area contributed by atoms with Crippen LogP contribution >= 0.6 is 0 Å². The van der Waals surface area contributed by atoms with E-state index < -0.39 is 12.0 Å². The number of carbonyl (C=O) groups is 2. The van der Waals surface area contributed by atoms with E-state index in [9.17, 15) is 14.7 Å². The van der Waals surface area contributed by atoms with Crippen molar-refractivity contribution < 1.29 is 24.4 Å². The summed E-state index contributed by atoms with van der Waals surface area (Å²) in [5.41, 5.74) is 0.879. The second kappa shape index (κ2) is 7.94. The third-order valence-corrected chi connectivity index (χ3v) is 3.11. The Balaban J connectivity index is 1.80. The molecule has 7 nitrogen and oxygen atoms in total. The Morgan fingerprint density at radius 2 is 2.23 bits per heavy atom. The topological polar surface area (TPSA) is 112 Å². The molecule has 22 heavy (non-hydrogen) atoms. The summed E-state index contributed by atoms with van der Waals surface area (Å²) in [7, 11) is 0. The summed E-state index contributed by atoms with van der Waals surface area (Å²) in [5, 5.41) is 15.3. The van der Waals surface area contributed by atoms with Gasteiger partial charge in [0.2, 0.25) is 5.91 Å². The van der Waals surface area contributed by atoms with E-state index in [0.29, 0.717) is 12.3 Å². The van der Waals surface area contributed by atoms with Crippen LogP contribution in [0.3, 0.4) is 0 Å². The summed E-state index contributed by atoms with van der Waals surface area (Å²) in [6, 6.07) is 6.11. The minimum Gasteiger partial charge on any atom is -0.544 e. The molecule has 0 aromatic carbocycles. The fraction of sp³-hybridized carbons (Fsp3) is 0.267. The van der Waals surface area contributed by atoms with Gasteiger partial charge in [-0.2, -0.15) is 0 Å². The Bertz CT molecular complexity index is 599. The molecule has 0 unspecified atom stereocenters. The first kappa shape index (κ1) is 15.7. The number of rotatable bonds is 8. The highest BCUT2D eigenvalue weighted by atomic mass is 16.4. The number of carboxylic acid groups (broad SMARTS) is 1. The number of hydrogen-bond acceptors (Lipinski definition) is 5. The van der Waals surface area contributed by atoms with E-state index in [0.717, 1.165) is 5.56 Å². The molecule has 2 rings (SSSR count). The van der Waals surface area contributed by atoms with Crippen molar-refractivity contribution in [2.75, 3.05) is 0 Å². The molecule has 0 saturated carbocycles. The van der Waals surface area contributed by atoms with E-state index >= 15 is 0 Å². The van der Waals surface area contributed by atoms with E-state index in [1.165, 1.54) is 6.26 Å². The minimum atomic E-state index is -1.27. The van der Waals surface area contributed by atoms with Gasteiger partial charge in [0.15, 0.2) is 0 Å². The van der Waals surface area contributed by atoms with Gasteiger partial charge in [0, 0.05) is 18.0 Å². The van der Waals surface area contributed by atoms with Gasteiger partial charge >= 0.3 is 0 Å². The number of carbonyl (C=O) groups excluding carboxylic acids is 2. The Morgan fingerprint density at radius 3 is 2.86 bits per heavy atom. The average molecular weight is 303 g/mol. The monoisotopic (exact) mass is 303 g/mol. The number of nitrogens with zero attached hydrogens (tertiary/aromatic N) is 1. The number of furan rings is 1. The van der Waals surface area contributed by atoms with Crippen molar-refractivity contribution in [3.8, 4) is 0 Å². The highest BCUT2D eigenvalue weighted by Crippen LogP contribution is 1.99. The molecule has 0 fully saturated rings. The molecule has 0 aliphatic heterocycles. The Labute approximate surface area is 127 Å². The van der Waals surface area contributed by atoms with Gasteiger partial charge in [-0.15, -0.1) is 0 Å². The van der Waals surface area contributed by atoms with Crippen LogP contribution in [0.25, 0.3) is 0 Å². The smallest absolute Gasteiger partial charge is 0.226 e. The number of hydrogen-bond donors (Lipinski definition) is 2. The maximum Gasteiger partial charge on any atom is 0.226 e. The molecule has 0 spiro atoms. The number of aromatic nitrogens is 1. The van der Waals surface area contributed by atoms with Gasteiger partial charge in [0.05, 0.1) is 25.2 Å². The highest BCUT2D eigenvalue weighted by Gasteiger charge is 2.18. The van der Waals surface area contributed by atoms with Gasteiger partial charge in [0.1, 0.15) is 18.3 Å². The molecule has 2 aromatic heterocycles. The first-order valence-electron chi connectivity index (χ1n) is 6.87. The molecular formula is C15H17N3O4. The number of nitrogens with two attached hydrogens (primary N) is 1. The van der Waals surface area contributed by atoms with Gasteiger partial charge in [-0.05, 0) is 18.2 Å². The lowest BCUT2D eigenvalue weighted by Crippen LogP contribution is -2.92. The van der Waals surface area contributed by atoms with Crippen molar-refractivity contribution in [3.05, 3.63) is 54.2 Å². The largest absolute Gasteiger partial charge is 0.544 e. The molecule has 0 radical (unpaired) electrons. The minimum absolute atomic E-state index is 0.163. The molecule has 116 valence electrons. The summed E-state index contributed by atoms with van der Waals surface area (Å²) in [6.45, 7) is 0.645. The summed E-state index contributed by atoms with van der Waals surface area (Å²) in [5.74, 6) is -1.03. The molecule has 3 N–H and O–H groups in total. The van der Waals surface area contributed by atoms with Crippen LogP contribution in [0.1, 0.15) is 17.7 Å². The van der Waals surface area contributed by atoms with Crippen molar-refractivity contribution in [1.82, 2.24) is 10.3 Å². The molecule has 7 heteroatoms. The second-order valence-corrected chi connectivity index (χ2v) is 4.79. The first-order valence-corrected chi connectivity index (χ1v) is 6.87. The van der Waals surface area contributed by atoms with E-state index in [1.807, 2.05) is 6.07 Å². The third-order valence-electron chi connectivity index (χ3n) is 3.11. The fourth-order valence-corrected chi connectivity index (χ4v) is 1.93. The highest BCUT2D eigenvalue weighted by molar-refractivity contribution is 5.82. The molecule has 1 atom stereocenters. The van der Waals surface area contributed by atoms with Crippen LogP contribution in [0, 0.1) is 0 Å². The quantitative estimate of drug-likeness (QED) is 0.620. The molecule has 1 amide bonds. The van der Waals surface area contributed by atoms with Crippen LogP contribution in [-0.2, 0) is 22.7 Å². The van der Waals surface area contributed by atoms with Crippen LogP contribution in [-0.4, -0.2) is 22.9 Å². The maximum absolute atomic E-state index is 11.8. The SMILES string of the molecule is O=C(C[C@@H]([NH2+]Cc1cccnc1)C(=O)[O-])NCc1ccco1. The van der Waals surface area contributed by atoms with Crippen molar-refractivity contribution in [1.29, 1.82) is 0 Å². The molecular weight excluding hydrogens is 286 g/mol. The zero-order valence-electron chi connectivity index (χ0n) is 11.9. The Hall–Kier alpha value is -2.67. The number of amides is 1. The molecule has 0 bridgehead atoms. The second-order valence-electron chi connectivity index (χ2n) is 4.79. The first-order chi connectivity index (χ1) is 10.6. The van der Waals surface area contributed by atoms with Crippen LogP contribution in [0.15, 0.2) is 47.3 Å². The van der Waals surface area contributed by atoms with Crippen molar-refractivity contribution >= 4 is 11.9 Å². The summed E-state index contributed by atoms with van der Waals surface area (Å²) < 4.78 is 5.08. The molecule has 2 heterocycles. The predicted molar refractivity (Wildman–Crippen MR) is 73.8 cm³/mol. The van der Waals surface area contributed by atoms with E-state index in [-0.39, 0.29) is 18.9 Å². The summed E-state index contributed by atoms with van der Waals surface area (Å²) in [6.07, 6.45) is 4.64. The maximum atomic E-state index is 11.8. The molecule has 0 aliphatic carbocycles. The zero-order valence-corrected chi connectivity index (χ0v) is 11.9. The van der Waals surface area contributed by atoms with Gasteiger partial charge in [-0.3, -0.25) is 9.78 Å². The van der Waals surface area contributed by atoms with Gasteiger partial charge in [0.25, 0.3) is 0 Å². The number of carboxylic acids is 1. The van der Waals surface area contributed by atoms with Crippen LogP contribution in [0.4, 0.5) is 0 Å². The van der Waals surface area contributed by atoms with E-state index in [2.05, 4.69) is 10.3 Å². The lowest BCUT2D eigenvalue weighted by molar-refractivity contribution is -0.697. The average Bonchev–Trinajstić information content (AvgIpc) is 3.03. The Kier molecular flexibility index (Phi) is 5.67. The van der Waals surface area contributed by atoms with Gasteiger partial charge < -0.3 is 25.0 Å². The molecule has 0 aliphatic rings.